The minimum Gasteiger partial charge on any atom is -0.496 e. The maximum absolute atomic E-state index is 9.19. The summed E-state index contributed by atoms with van der Waals surface area (Å²) in [7, 11) is 0.407. The summed E-state index contributed by atoms with van der Waals surface area (Å²) in [5, 5.41) is 0. The second kappa shape index (κ2) is 10.6. The molecule has 2 aliphatic rings. The highest BCUT2D eigenvalue weighted by Crippen LogP contribution is 2.36. The van der Waals surface area contributed by atoms with Crippen LogP contribution in [0.4, 0.5) is 0 Å². The minimum atomic E-state index is -3.67. The third-order valence-corrected chi connectivity index (χ3v) is 6.29. The quantitative estimate of drug-likeness (QED) is 0.672. The summed E-state index contributed by atoms with van der Waals surface area (Å²) in [4.78, 5) is 2.52. The van der Waals surface area contributed by atoms with Crippen LogP contribution in [0.25, 0.3) is 0 Å². The van der Waals surface area contributed by atoms with Crippen LogP contribution in [0.2, 0.25) is 0 Å². The van der Waals surface area contributed by atoms with E-state index in [1.165, 1.54) is 48.8 Å². The third kappa shape index (κ3) is 7.06. The Kier molecular flexibility index (Phi) is 8.14. The molecule has 31 heavy (non-hydrogen) atoms. The van der Waals surface area contributed by atoms with Crippen LogP contribution in [0.5, 0.6) is 5.75 Å². The van der Waals surface area contributed by atoms with Crippen molar-refractivity contribution in [3.63, 3.8) is 0 Å². The van der Waals surface area contributed by atoms with Gasteiger partial charge < -0.3 is 9.64 Å². The fourth-order valence-corrected chi connectivity index (χ4v) is 4.86. The van der Waals surface area contributed by atoms with E-state index in [2.05, 4.69) is 48.3 Å². The Hall–Kier alpha value is -1.89. The first kappa shape index (κ1) is 23.8. The Morgan fingerprint density at radius 1 is 1.10 bits per heavy atom. The van der Waals surface area contributed by atoms with Gasteiger partial charge in [-0.25, -0.2) is 0 Å². The number of hydrogen-bond donors (Lipinski definition) is 1. The van der Waals surface area contributed by atoms with Crippen LogP contribution in [-0.4, -0.2) is 51.4 Å². The summed E-state index contributed by atoms with van der Waals surface area (Å²) in [5.41, 5.74) is 7.63. The SMILES string of the molecule is COc1cccc2c1CCC[C@H]2CN(C)CCc1ccc2c(c1)CCC2.CS(=O)(=O)O. The summed E-state index contributed by atoms with van der Waals surface area (Å²) < 4.78 is 31.5. The average molecular weight is 446 g/mol. The zero-order chi connectivity index (χ0) is 22.4. The molecule has 4 rings (SSSR count). The van der Waals surface area contributed by atoms with Crippen LogP contribution >= 0.6 is 0 Å². The predicted molar refractivity (Wildman–Crippen MR) is 126 cm³/mol. The summed E-state index contributed by atoms with van der Waals surface area (Å²) in [5.74, 6) is 1.71. The summed E-state index contributed by atoms with van der Waals surface area (Å²) in [6.45, 7) is 2.28. The van der Waals surface area contributed by atoms with Gasteiger partial charge in [0.25, 0.3) is 10.1 Å². The lowest BCUT2D eigenvalue weighted by Gasteiger charge is -2.30. The fourth-order valence-electron chi connectivity index (χ4n) is 4.86. The Morgan fingerprint density at radius 3 is 2.58 bits per heavy atom. The standard InChI is InChI=1S/C24H31NO.CH4O3S/c1-25(15-14-18-12-13-19-6-3-7-20(19)16-18)17-21-8-4-10-23-22(21)9-5-11-24(23)26-2;1-5(2,3)4/h5,9,11-13,16,21H,3-4,6-8,10,14-15,17H2,1-2H3;1H3,(H,2,3,4)/t21-;/m0./s1. The Labute approximate surface area is 187 Å². The van der Waals surface area contributed by atoms with Crippen molar-refractivity contribution in [3.05, 3.63) is 64.2 Å². The molecule has 0 fully saturated rings. The number of rotatable bonds is 6. The van der Waals surface area contributed by atoms with Crippen molar-refractivity contribution in [1.82, 2.24) is 4.90 Å². The molecule has 0 saturated carbocycles. The second-order valence-corrected chi connectivity index (χ2v) is 10.3. The molecule has 0 spiro atoms. The molecule has 2 aromatic carbocycles. The number of hydrogen-bond acceptors (Lipinski definition) is 4. The highest BCUT2D eigenvalue weighted by atomic mass is 32.2. The van der Waals surface area contributed by atoms with Gasteiger partial charge in [0.05, 0.1) is 13.4 Å². The van der Waals surface area contributed by atoms with Crippen LogP contribution in [-0.2, 0) is 35.8 Å². The van der Waals surface area contributed by atoms with E-state index < -0.39 is 10.1 Å². The van der Waals surface area contributed by atoms with E-state index in [9.17, 15) is 8.42 Å². The van der Waals surface area contributed by atoms with Crippen molar-refractivity contribution in [2.24, 2.45) is 0 Å². The van der Waals surface area contributed by atoms with E-state index in [-0.39, 0.29) is 0 Å². The lowest BCUT2D eigenvalue weighted by atomic mass is 9.82. The first-order valence-electron chi connectivity index (χ1n) is 11.1. The molecule has 0 amide bonds. The van der Waals surface area contributed by atoms with E-state index in [1.54, 1.807) is 18.2 Å². The minimum absolute atomic E-state index is 0.638. The first-order chi connectivity index (χ1) is 14.7. The number of likely N-dealkylation sites (N-methyl/N-ethyl adjacent to an activating group) is 1. The van der Waals surface area contributed by atoms with Gasteiger partial charge in [-0.15, -0.1) is 0 Å². The summed E-state index contributed by atoms with van der Waals surface area (Å²) >= 11 is 0. The Bertz CT molecular complexity index is 979. The number of methoxy groups -OCH3 is 1. The molecule has 0 aliphatic heterocycles. The highest BCUT2D eigenvalue weighted by Gasteiger charge is 2.23. The molecule has 1 N–H and O–H groups in total. The predicted octanol–water partition coefficient (Wildman–Crippen LogP) is 4.28. The molecule has 1 atom stereocenters. The van der Waals surface area contributed by atoms with Crippen molar-refractivity contribution in [2.45, 2.75) is 50.9 Å². The van der Waals surface area contributed by atoms with Gasteiger partial charge >= 0.3 is 0 Å². The van der Waals surface area contributed by atoms with Gasteiger partial charge in [-0.1, -0.05) is 30.3 Å². The maximum atomic E-state index is 9.19. The topological polar surface area (TPSA) is 66.8 Å². The second-order valence-electron chi connectivity index (χ2n) is 8.82. The van der Waals surface area contributed by atoms with Crippen molar-refractivity contribution in [3.8, 4) is 5.75 Å². The molecule has 0 radical (unpaired) electrons. The van der Waals surface area contributed by atoms with Crippen LogP contribution in [0.15, 0.2) is 36.4 Å². The number of benzene rings is 2. The molecule has 0 unspecified atom stereocenters. The molecular formula is C25H35NO4S. The van der Waals surface area contributed by atoms with Gasteiger partial charge in [0.2, 0.25) is 0 Å². The van der Waals surface area contributed by atoms with Crippen LogP contribution in [0, 0.1) is 0 Å². The van der Waals surface area contributed by atoms with Gasteiger partial charge in [-0.3, -0.25) is 4.55 Å². The molecular weight excluding hydrogens is 410 g/mol. The number of ether oxygens (including phenoxy) is 1. The smallest absolute Gasteiger partial charge is 0.261 e. The summed E-state index contributed by atoms with van der Waals surface area (Å²) in [6.07, 6.45) is 9.49. The molecule has 0 bridgehead atoms. The fraction of sp³-hybridized carbons (Fsp3) is 0.520. The van der Waals surface area contributed by atoms with E-state index in [0.717, 1.165) is 31.7 Å². The van der Waals surface area contributed by atoms with Crippen LogP contribution in [0.1, 0.15) is 53.0 Å². The molecule has 170 valence electrons. The number of fused-ring (bicyclic) bond motifs is 2. The molecule has 0 aromatic heterocycles. The van der Waals surface area contributed by atoms with Gasteiger partial charge in [0, 0.05) is 13.1 Å². The lowest BCUT2D eigenvalue weighted by Crippen LogP contribution is -2.28. The molecule has 0 heterocycles. The van der Waals surface area contributed by atoms with Gasteiger partial charge in [-0.2, -0.15) is 8.42 Å². The van der Waals surface area contributed by atoms with E-state index >= 15 is 0 Å². The number of aryl methyl sites for hydroxylation is 2. The van der Waals surface area contributed by atoms with Crippen LogP contribution < -0.4 is 4.74 Å². The van der Waals surface area contributed by atoms with Crippen molar-refractivity contribution < 1.29 is 17.7 Å². The Morgan fingerprint density at radius 2 is 1.84 bits per heavy atom. The highest BCUT2D eigenvalue weighted by molar-refractivity contribution is 7.85. The zero-order valence-electron chi connectivity index (χ0n) is 18.9. The van der Waals surface area contributed by atoms with Gasteiger partial charge in [0.1, 0.15) is 5.75 Å². The van der Waals surface area contributed by atoms with E-state index in [1.807, 2.05) is 0 Å². The zero-order valence-corrected chi connectivity index (χ0v) is 19.7. The Balaban J connectivity index is 0.000000491. The lowest BCUT2D eigenvalue weighted by molar-refractivity contribution is 0.299. The maximum Gasteiger partial charge on any atom is 0.261 e. The van der Waals surface area contributed by atoms with Crippen molar-refractivity contribution >= 4 is 10.1 Å². The van der Waals surface area contributed by atoms with Crippen LogP contribution in [0.3, 0.4) is 0 Å². The molecule has 5 nitrogen and oxygen atoms in total. The third-order valence-electron chi connectivity index (χ3n) is 6.29. The van der Waals surface area contributed by atoms with Crippen molar-refractivity contribution in [2.75, 3.05) is 33.5 Å². The molecule has 6 heteroatoms. The average Bonchev–Trinajstić information content (AvgIpc) is 3.19. The molecule has 2 aromatic rings. The largest absolute Gasteiger partial charge is 0.496 e. The van der Waals surface area contributed by atoms with E-state index in [0.29, 0.717) is 12.2 Å². The normalized spacial score (nSPS) is 17.5. The van der Waals surface area contributed by atoms with Gasteiger partial charge in [0.15, 0.2) is 0 Å². The monoisotopic (exact) mass is 445 g/mol. The molecule has 0 saturated heterocycles. The van der Waals surface area contributed by atoms with E-state index in [4.69, 9.17) is 9.29 Å². The first-order valence-corrected chi connectivity index (χ1v) is 13.0. The van der Waals surface area contributed by atoms with Gasteiger partial charge in [-0.05, 0) is 91.8 Å². The summed E-state index contributed by atoms with van der Waals surface area (Å²) in [6, 6.07) is 13.7. The number of nitrogens with zero attached hydrogens (tertiary/aromatic N) is 1. The molecule has 2 aliphatic carbocycles. The van der Waals surface area contributed by atoms with Crippen molar-refractivity contribution in [1.29, 1.82) is 0 Å².